The Morgan fingerprint density at radius 3 is 2.54 bits per heavy atom. The molecule has 2 aromatic rings. The first kappa shape index (κ1) is 15.3. The van der Waals surface area contributed by atoms with E-state index in [1.54, 1.807) is 0 Å². The Kier molecular flexibility index (Phi) is 4.04. The van der Waals surface area contributed by atoms with Crippen LogP contribution in [0.25, 0.3) is 0 Å². The van der Waals surface area contributed by atoms with Crippen molar-refractivity contribution in [3.8, 4) is 0 Å². The predicted molar refractivity (Wildman–Crippen MR) is 89.7 cm³/mol. The highest BCUT2D eigenvalue weighted by molar-refractivity contribution is 5.94. The van der Waals surface area contributed by atoms with Gasteiger partial charge in [0.25, 0.3) is 5.91 Å². The van der Waals surface area contributed by atoms with Crippen LogP contribution in [-0.2, 0) is 0 Å². The number of rotatable bonds is 2. The standard InChI is InChI=1S/C19H20FN3O/c20-15-8-6-13(7-9-15)18-16-12-23(11-10-17(16)21-22-18)19(24)14-4-2-1-3-5-14/h1-9,16-18,21-22H,10-12H2. The number of hydrogen-bond acceptors (Lipinski definition) is 3. The summed E-state index contributed by atoms with van der Waals surface area (Å²) in [4.78, 5) is 14.6. The van der Waals surface area contributed by atoms with Crippen molar-refractivity contribution < 1.29 is 9.18 Å². The van der Waals surface area contributed by atoms with E-state index in [0.717, 1.165) is 24.1 Å². The van der Waals surface area contributed by atoms with Gasteiger partial charge in [0.2, 0.25) is 0 Å². The average Bonchev–Trinajstić information content (AvgIpc) is 3.05. The van der Waals surface area contributed by atoms with Gasteiger partial charge >= 0.3 is 0 Å². The minimum atomic E-state index is -0.231. The van der Waals surface area contributed by atoms with Gasteiger partial charge in [-0.25, -0.2) is 9.82 Å². The number of amides is 1. The predicted octanol–water partition coefficient (Wildman–Crippen LogP) is 2.51. The SMILES string of the molecule is O=C(c1ccccc1)N1CCC2NNC(c3ccc(F)cc3)C2C1. The number of hydrazine groups is 1. The first-order valence-corrected chi connectivity index (χ1v) is 8.33. The smallest absolute Gasteiger partial charge is 0.253 e. The summed E-state index contributed by atoms with van der Waals surface area (Å²) in [6.07, 6.45) is 0.911. The Morgan fingerprint density at radius 1 is 1.04 bits per heavy atom. The zero-order valence-corrected chi connectivity index (χ0v) is 13.3. The van der Waals surface area contributed by atoms with Crippen molar-refractivity contribution in [3.63, 3.8) is 0 Å². The monoisotopic (exact) mass is 325 g/mol. The Morgan fingerprint density at radius 2 is 1.79 bits per heavy atom. The number of likely N-dealkylation sites (tertiary alicyclic amines) is 1. The molecule has 2 aliphatic heterocycles. The molecule has 1 amide bonds. The third kappa shape index (κ3) is 2.81. The van der Waals surface area contributed by atoms with Gasteiger partial charge in [0, 0.05) is 30.6 Å². The van der Waals surface area contributed by atoms with E-state index >= 15 is 0 Å². The largest absolute Gasteiger partial charge is 0.338 e. The number of hydrogen-bond donors (Lipinski definition) is 2. The Hall–Kier alpha value is -2.24. The summed E-state index contributed by atoms with van der Waals surface area (Å²) in [6.45, 7) is 1.44. The topological polar surface area (TPSA) is 44.4 Å². The number of halogens is 1. The highest BCUT2D eigenvalue weighted by atomic mass is 19.1. The maximum absolute atomic E-state index is 13.2. The minimum Gasteiger partial charge on any atom is -0.338 e. The van der Waals surface area contributed by atoms with Crippen molar-refractivity contribution in [1.82, 2.24) is 15.8 Å². The van der Waals surface area contributed by atoms with Crippen LogP contribution in [0.1, 0.15) is 28.4 Å². The molecule has 2 aliphatic rings. The van der Waals surface area contributed by atoms with Gasteiger partial charge in [-0.1, -0.05) is 30.3 Å². The molecule has 0 aromatic heterocycles. The van der Waals surface area contributed by atoms with Gasteiger partial charge in [0.15, 0.2) is 0 Å². The fraction of sp³-hybridized carbons (Fsp3) is 0.316. The molecule has 2 fully saturated rings. The summed E-state index contributed by atoms with van der Waals surface area (Å²) in [5.74, 6) is 0.126. The summed E-state index contributed by atoms with van der Waals surface area (Å²) in [5, 5.41) is 0. The average molecular weight is 325 g/mol. The maximum atomic E-state index is 13.2. The lowest BCUT2D eigenvalue weighted by molar-refractivity contribution is 0.0652. The van der Waals surface area contributed by atoms with Crippen LogP contribution < -0.4 is 10.9 Å². The van der Waals surface area contributed by atoms with Crippen LogP contribution in [0.3, 0.4) is 0 Å². The molecule has 3 atom stereocenters. The number of fused-ring (bicyclic) bond motifs is 1. The summed E-state index contributed by atoms with van der Waals surface area (Å²) < 4.78 is 13.2. The Labute approximate surface area is 140 Å². The second-order valence-corrected chi connectivity index (χ2v) is 6.49. The number of nitrogens with zero attached hydrogens (tertiary/aromatic N) is 1. The molecule has 5 heteroatoms. The molecule has 24 heavy (non-hydrogen) atoms. The van der Waals surface area contributed by atoms with E-state index in [4.69, 9.17) is 0 Å². The van der Waals surface area contributed by atoms with Crippen LogP contribution in [0.2, 0.25) is 0 Å². The summed E-state index contributed by atoms with van der Waals surface area (Å²) in [6, 6.07) is 16.4. The molecule has 3 unspecified atom stereocenters. The van der Waals surface area contributed by atoms with Crippen molar-refractivity contribution in [2.24, 2.45) is 5.92 Å². The van der Waals surface area contributed by atoms with E-state index in [9.17, 15) is 9.18 Å². The van der Waals surface area contributed by atoms with Crippen molar-refractivity contribution in [2.75, 3.05) is 13.1 Å². The van der Waals surface area contributed by atoms with E-state index in [1.807, 2.05) is 47.4 Å². The van der Waals surface area contributed by atoms with Gasteiger partial charge in [0.05, 0.1) is 6.04 Å². The van der Waals surface area contributed by atoms with Crippen LogP contribution in [0.4, 0.5) is 4.39 Å². The molecule has 0 aliphatic carbocycles. The van der Waals surface area contributed by atoms with Crippen LogP contribution in [0.15, 0.2) is 54.6 Å². The van der Waals surface area contributed by atoms with Gasteiger partial charge in [-0.15, -0.1) is 0 Å². The number of benzene rings is 2. The van der Waals surface area contributed by atoms with Gasteiger partial charge in [-0.3, -0.25) is 10.2 Å². The fourth-order valence-electron chi connectivity index (χ4n) is 3.75. The van der Waals surface area contributed by atoms with E-state index in [-0.39, 0.29) is 23.7 Å². The minimum absolute atomic E-state index is 0.0822. The van der Waals surface area contributed by atoms with E-state index in [1.165, 1.54) is 12.1 Å². The van der Waals surface area contributed by atoms with Crippen molar-refractivity contribution in [3.05, 3.63) is 71.5 Å². The second-order valence-electron chi connectivity index (χ2n) is 6.49. The molecule has 4 nitrogen and oxygen atoms in total. The lowest BCUT2D eigenvalue weighted by Gasteiger charge is -2.36. The van der Waals surface area contributed by atoms with Gasteiger partial charge in [-0.2, -0.15) is 0 Å². The molecular formula is C19H20FN3O. The molecule has 2 heterocycles. The lowest BCUT2D eigenvalue weighted by Crippen LogP contribution is -2.47. The molecular weight excluding hydrogens is 305 g/mol. The first-order valence-electron chi connectivity index (χ1n) is 8.33. The van der Waals surface area contributed by atoms with Crippen molar-refractivity contribution in [1.29, 1.82) is 0 Å². The van der Waals surface area contributed by atoms with Gasteiger partial charge in [0.1, 0.15) is 5.82 Å². The molecule has 0 radical (unpaired) electrons. The quantitative estimate of drug-likeness (QED) is 0.892. The number of carbonyl (C=O) groups excluding carboxylic acids is 1. The number of piperidine rings is 1. The molecule has 2 N–H and O–H groups in total. The first-order chi connectivity index (χ1) is 11.7. The van der Waals surface area contributed by atoms with Crippen LogP contribution >= 0.6 is 0 Å². The summed E-state index contributed by atoms with van der Waals surface area (Å²) in [7, 11) is 0. The van der Waals surface area contributed by atoms with Crippen molar-refractivity contribution in [2.45, 2.75) is 18.5 Å². The van der Waals surface area contributed by atoms with Crippen molar-refractivity contribution >= 4 is 5.91 Å². The maximum Gasteiger partial charge on any atom is 0.253 e. The lowest BCUT2D eigenvalue weighted by atomic mass is 9.85. The zero-order chi connectivity index (χ0) is 16.5. The molecule has 0 saturated carbocycles. The number of carbonyl (C=O) groups is 1. The fourth-order valence-corrected chi connectivity index (χ4v) is 3.75. The summed E-state index contributed by atoms with van der Waals surface area (Å²) in [5.41, 5.74) is 8.44. The molecule has 0 bridgehead atoms. The molecule has 124 valence electrons. The van der Waals surface area contributed by atoms with E-state index < -0.39 is 0 Å². The van der Waals surface area contributed by atoms with Crippen LogP contribution in [0.5, 0.6) is 0 Å². The highest BCUT2D eigenvalue weighted by Gasteiger charge is 2.41. The van der Waals surface area contributed by atoms with Crippen LogP contribution in [0, 0.1) is 11.7 Å². The molecule has 0 spiro atoms. The third-order valence-corrected chi connectivity index (χ3v) is 5.05. The highest BCUT2D eigenvalue weighted by Crippen LogP contribution is 2.34. The Balaban J connectivity index is 1.53. The van der Waals surface area contributed by atoms with Crippen LogP contribution in [-0.4, -0.2) is 29.9 Å². The van der Waals surface area contributed by atoms with E-state index in [2.05, 4.69) is 10.9 Å². The molecule has 4 rings (SSSR count). The summed E-state index contributed by atoms with van der Waals surface area (Å²) >= 11 is 0. The normalized spacial score (nSPS) is 26.2. The number of nitrogens with one attached hydrogen (secondary N) is 2. The zero-order valence-electron chi connectivity index (χ0n) is 13.3. The second kappa shape index (κ2) is 6.34. The molecule has 2 aromatic carbocycles. The molecule has 2 saturated heterocycles. The van der Waals surface area contributed by atoms with Gasteiger partial charge in [-0.05, 0) is 36.2 Å². The Bertz CT molecular complexity index is 719. The van der Waals surface area contributed by atoms with E-state index in [0.29, 0.717) is 12.6 Å². The third-order valence-electron chi connectivity index (χ3n) is 5.05. The van der Waals surface area contributed by atoms with Gasteiger partial charge < -0.3 is 4.90 Å².